The summed E-state index contributed by atoms with van der Waals surface area (Å²) in [5.74, 6) is -0.842. The van der Waals surface area contributed by atoms with Crippen molar-refractivity contribution in [2.75, 3.05) is 27.2 Å². The van der Waals surface area contributed by atoms with Gasteiger partial charge in [0, 0.05) is 25.6 Å². The van der Waals surface area contributed by atoms with Crippen molar-refractivity contribution in [2.24, 2.45) is 0 Å². The van der Waals surface area contributed by atoms with E-state index < -0.39 is 22.1 Å². The molecule has 0 aliphatic rings. The van der Waals surface area contributed by atoms with Crippen molar-refractivity contribution in [2.45, 2.75) is 30.1 Å². The van der Waals surface area contributed by atoms with Gasteiger partial charge >= 0.3 is 6.36 Å². The Balaban J connectivity index is 1.88. The van der Waals surface area contributed by atoms with E-state index in [-0.39, 0.29) is 29.8 Å². The van der Waals surface area contributed by atoms with Crippen LogP contribution in [0.1, 0.15) is 12.0 Å². The van der Waals surface area contributed by atoms with E-state index in [9.17, 15) is 26.4 Å². The van der Waals surface area contributed by atoms with Crippen LogP contribution in [-0.4, -0.2) is 58.8 Å². The van der Waals surface area contributed by atoms with E-state index >= 15 is 0 Å². The Morgan fingerprint density at radius 3 is 2.25 bits per heavy atom. The molecule has 0 spiro atoms. The maximum atomic E-state index is 12.3. The number of amides is 1. The van der Waals surface area contributed by atoms with Crippen LogP contribution in [0.2, 0.25) is 0 Å². The molecule has 2 N–H and O–H groups in total. The van der Waals surface area contributed by atoms with Gasteiger partial charge in [-0.2, -0.15) is 0 Å². The number of likely N-dealkylation sites (N-methyl/N-ethyl adjacent to an activating group) is 1. The van der Waals surface area contributed by atoms with Gasteiger partial charge in [-0.1, -0.05) is 30.3 Å². The number of ether oxygens (including phenoxy) is 1. The third kappa shape index (κ3) is 9.25. The lowest BCUT2D eigenvalue weighted by Crippen LogP contribution is -2.44. The lowest BCUT2D eigenvalue weighted by atomic mass is 10.1. The maximum absolute atomic E-state index is 12.3. The number of hydrogen-bond acceptors (Lipinski definition) is 5. The molecule has 2 rings (SSSR count). The number of nitrogens with one attached hydrogen (secondary N) is 2. The van der Waals surface area contributed by atoms with Crippen LogP contribution in [0.5, 0.6) is 5.75 Å². The molecule has 0 aliphatic heterocycles. The van der Waals surface area contributed by atoms with Crippen LogP contribution in [0.3, 0.4) is 0 Å². The highest BCUT2D eigenvalue weighted by atomic mass is 32.2. The summed E-state index contributed by atoms with van der Waals surface area (Å²) < 4.78 is 67.2. The third-order valence-electron chi connectivity index (χ3n) is 4.29. The van der Waals surface area contributed by atoms with Gasteiger partial charge in [0.15, 0.2) is 0 Å². The van der Waals surface area contributed by atoms with E-state index in [2.05, 4.69) is 14.8 Å². The molecule has 7 nitrogen and oxygen atoms in total. The number of alkyl halides is 3. The fraction of sp³-hybridized carbons (Fsp3) is 0.381. The summed E-state index contributed by atoms with van der Waals surface area (Å²) in [6, 6.07) is 13.3. The van der Waals surface area contributed by atoms with E-state index in [1.807, 2.05) is 49.3 Å². The molecule has 2 aromatic rings. The second-order valence-electron chi connectivity index (χ2n) is 7.38. The second-order valence-corrected chi connectivity index (χ2v) is 9.15. The topological polar surface area (TPSA) is 87.7 Å². The van der Waals surface area contributed by atoms with Crippen molar-refractivity contribution in [3.8, 4) is 5.75 Å². The van der Waals surface area contributed by atoms with Gasteiger partial charge in [-0.3, -0.25) is 4.79 Å². The highest BCUT2D eigenvalue weighted by Gasteiger charge is 2.31. The Kier molecular flexibility index (Phi) is 9.05. The number of nitrogens with zero attached hydrogens (tertiary/aromatic N) is 1. The van der Waals surface area contributed by atoms with E-state index in [0.29, 0.717) is 13.0 Å². The molecule has 0 fully saturated rings. The number of halogens is 3. The Morgan fingerprint density at radius 1 is 1.06 bits per heavy atom. The lowest BCUT2D eigenvalue weighted by Gasteiger charge is -2.22. The number of carbonyl (C=O) groups is 1. The SMILES string of the molecule is CN(C)CC(Cc1ccccc1)NC(=O)CCNS(=O)(=O)c1ccc(OC(F)(F)F)cc1. The highest BCUT2D eigenvalue weighted by molar-refractivity contribution is 7.89. The van der Waals surface area contributed by atoms with Crippen molar-refractivity contribution < 1.29 is 31.1 Å². The van der Waals surface area contributed by atoms with Gasteiger partial charge in [-0.05, 0) is 50.3 Å². The number of rotatable bonds is 11. The van der Waals surface area contributed by atoms with E-state index in [1.165, 1.54) is 0 Å². The van der Waals surface area contributed by atoms with Crippen LogP contribution in [0, 0.1) is 0 Å². The monoisotopic (exact) mass is 473 g/mol. The average molecular weight is 474 g/mol. The van der Waals surface area contributed by atoms with E-state index in [0.717, 1.165) is 29.8 Å². The van der Waals surface area contributed by atoms with Crippen LogP contribution in [-0.2, 0) is 21.2 Å². The summed E-state index contributed by atoms with van der Waals surface area (Å²) in [4.78, 5) is 14.1. The summed E-state index contributed by atoms with van der Waals surface area (Å²) in [5.41, 5.74) is 1.07. The van der Waals surface area contributed by atoms with Crippen molar-refractivity contribution in [1.29, 1.82) is 0 Å². The predicted molar refractivity (Wildman–Crippen MR) is 114 cm³/mol. The van der Waals surface area contributed by atoms with Gasteiger partial charge in [-0.25, -0.2) is 13.1 Å². The first-order valence-corrected chi connectivity index (χ1v) is 11.3. The zero-order chi connectivity index (χ0) is 23.8. The molecular formula is C21H26F3N3O4S. The molecule has 0 aromatic heterocycles. The predicted octanol–water partition coefficient (Wildman–Crippen LogP) is 2.54. The molecule has 0 bridgehead atoms. The Labute approximate surface area is 185 Å². The molecule has 1 unspecified atom stereocenters. The number of sulfonamides is 1. The summed E-state index contributed by atoms with van der Waals surface area (Å²) in [7, 11) is -0.203. The molecule has 0 heterocycles. The molecule has 0 aliphatic carbocycles. The van der Waals surface area contributed by atoms with Crippen LogP contribution in [0.25, 0.3) is 0 Å². The van der Waals surface area contributed by atoms with E-state index in [1.54, 1.807) is 0 Å². The van der Waals surface area contributed by atoms with Crippen molar-refractivity contribution in [3.05, 3.63) is 60.2 Å². The molecule has 1 atom stereocenters. The normalized spacial score (nSPS) is 13.1. The van der Waals surface area contributed by atoms with Gasteiger partial charge in [-0.15, -0.1) is 13.2 Å². The standard InChI is InChI=1S/C21H26F3N3O4S/c1-27(2)15-17(14-16-6-4-3-5-7-16)26-20(28)12-13-25-32(29,30)19-10-8-18(9-11-19)31-21(22,23)24/h3-11,17,25H,12-15H2,1-2H3,(H,26,28). The zero-order valence-corrected chi connectivity index (χ0v) is 18.5. The number of hydrogen-bond donors (Lipinski definition) is 2. The fourth-order valence-corrected chi connectivity index (χ4v) is 4.04. The highest BCUT2D eigenvalue weighted by Crippen LogP contribution is 2.23. The lowest BCUT2D eigenvalue weighted by molar-refractivity contribution is -0.274. The van der Waals surface area contributed by atoms with Gasteiger partial charge in [0.05, 0.1) is 4.90 Å². The van der Waals surface area contributed by atoms with Crippen LogP contribution >= 0.6 is 0 Å². The first-order chi connectivity index (χ1) is 14.9. The Morgan fingerprint density at radius 2 is 1.69 bits per heavy atom. The number of benzene rings is 2. The van der Waals surface area contributed by atoms with Gasteiger partial charge in [0.1, 0.15) is 5.75 Å². The Hall–Kier alpha value is -2.63. The molecule has 32 heavy (non-hydrogen) atoms. The molecule has 0 radical (unpaired) electrons. The summed E-state index contributed by atoms with van der Waals surface area (Å²) >= 11 is 0. The molecule has 11 heteroatoms. The van der Waals surface area contributed by atoms with Gasteiger partial charge in [0.2, 0.25) is 15.9 Å². The van der Waals surface area contributed by atoms with Crippen LogP contribution in [0.4, 0.5) is 13.2 Å². The summed E-state index contributed by atoms with van der Waals surface area (Å²) in [6.07, 6.45) is -4.33. The van der Waals surface area contributed by atoms with Crippen molar-refractivity contribution in [1.82, 2.24) is 14.9 Å². The maximum Gasteiger partial charge on any atom is 0.573 e. The minimum Gasteiger partial charge on any atom is -0.406 e. The van der Waals surface area contributed by atoms with Gasteiger partial charge in [0.25, 0.3) is 0 Å². The molecule has 0 saturated carbocycles. The first kappa shape index (κ1) is 25.6. The fourth-order valence-electron chi connectivity index (χ4n) is 3.00. The third-order valence-corrected chi connectivity index (χ3v) is 5.76. The van der Waals surface area contributed by atoms with Crippen LogP contribution in [0.15, 0.2) is 59.5 Å². The first-order valence-electron chi connectivity index (χ1n) is 9.78. The van der Waals surface area contributed by atoms with Crippen LogP contribution < -0.4 is 14.8 Å². The number of carbonyl (C=O) groups excluding carboxylic acids is 1. The largest absolute Gasteiger partial charge is 0.573 e. The minimum atomic E-state index is -4.86. The zero-order valence-electron chi connectivity index (χ0n) is 17.7. The van der Waals surface area contributed by atoms with Gasteiger partial charge < -0.3 is 15.0 Å². The van der Waals surface area contributed by atoms with Crippen molar-refractivity contribution in [3.63, 3.8) is 0 Å². The Bertz CT molecular complexity index is 966. The molecular weight excluding hydrogens is 447 g/mol. The average Bonchev–Trinajstić information content (AvgIpc) is 2.67. The smallest absolute Gasteiger partial charge is 0.406 e. The molecule has 1 amide bonds. The van der Waals surface area contributed by atoms with Crippen molar-refractivity contribution >= 4 is 15.9 Å². The molecule has 176 valence electrons. The summed E-state index contributed by atoms with van der Waals surface area (Å²) in [5, 5.41) is 2.91. The minimum absolute atomic E-state index is 0.0901. The van der Waals surface area contributed by atoms with E-state index in [4.69, 9.17) is 0 Å². The second kappa shape index (κ2) is 11.3. The summed E-state index contributed by atoms with van der Waals surface area (Å²) in [6.45, 7) is 0.452. The molecule has 2 aromatic carbocycles. The quantitative estimate of drug-likeness (QED) is 0.524. The molecule has 0 saturated heterocycles.